The predicted octanol–water partition coefficient (Wildman–Crippen LogP) is 2.84. The molecule has 2 aliphatic heterocycles. The number of rotatable bonds is 6. The van der Waals surface area contributed by atoms with Crippen LogP contribution in [0.25, 0.3) is 0 Å². The number of anilines is 1. The quantitative estimate of drug-likeness (QED) is 0.618. The van der Waals surface area contributed by atoms with Crippen molar-refractivity contribution in [3.63, 3.8) is 0 Å². The number of aryl methyl sites for hydroxylation is 1. The standard InChI is InChI=1S/C29H41N5O3/c1-33-13-4-6-21(33)19-37-28-31-26-16-29(10-3-5-20-7-8-23(35)15-25(20)29)11-9-24(26)27(32-28)34-14-12-30-17-22(34)18-36-2/h7-8,15,21-22,30,35H,3-6,9-14,16-19H2,1-2H3/t21-,22+,29?/m0/s1. The molecule has 0 amide bonds. The van der Waals surface area contributed by atoms with Gasteiger partial charge in [0.2, 0.25) is 0 Å². The number of methoxy groups -OCH3 is 1. The van der Waals surface area contributed by atoms with E-state index >= 15 is 0 Å². The molecule has 8 nitrogen and oxygen atoms in total. The lowest BCUT2D eigenvalue weighted by Gasteiger charge is -2.44. The summed E-state index contributed by atoms with van der Waals surface area (Å²) in [5.74, 6) is 1.40. The van der Waals surface area contributed by atoms with Gasteiger partial charge >= 0.3 is 6.01 Å². The molecule has 1 unspecified atom stereocenters. The summed E-state index contributed by atoms with van der Waals surface area (Å²) in [6.07, 6.45) is 8.63. The van der Waals surface area contributed by atoms with Crippen molar-refractivity contribution >= 4 is 5.82 Å². The van der Waals surface area contributed by atoms with Crippen LogP contribution >= 0.6 is 0 Å². The van der Waals surface area contributed by atoms with Gasteiger partial charge in [-0.15, -0.1) is 0 Å². The van der Waals surface area contributed by atoms with Gasteiger partial charge in [0.05, 0.1) is 18.3 Å². The van der Waals surface area contributed by atoms with E-state index in [1.807, 2.05) is 12.1 Å². The molecule has 4 aliphatic rings. The third-order valence-corrected chi connectivity index (χ3v) is 9.23. The molecule has 0 radical (unpaired) electrons. The SMILES string of the molecule is COC[C@H]1CNCCN1c1nc(OC[C@@H]2CCCN2C)nc2c1CCC1(CCCc3ccc(O)cc31)C2. The minimum absolute atomic E-state index is 0.0171. The molecule has 2 aromatic rings. The molecule has 0 bridgehead atoms. The number of aromatic nitrogens is 2. The van der Waals surface area contributed by atoms with E-state index in [1.54, 1.807) is 7.11 Å². The number of benzene rings is 1. The van der Waals surface area contributed by atoms with Crippen molar-refractivity contribution in [2.45, 2.75) is 68.9 Å². The second-order valence-corrected chi connectivity index (χ2v) is 11.5. The van der Waals surface area contributed by atoms with E-state index in [1.165, 1.54) is 29.5 Å². The van der Waals surface area contributed by atoms with Crippen molar-refractivity contribution in [2.75, 3.05) is 58.5 Å². The lowest BCUT2D eigenvalue weighted by Crippen LogP contribution is -2.54. The van der Waals surface area contributed by atoms with Gasteiger partial charge in [0, 0.05) is 43.8 Å². The minimum Gasteiger partial charge on any atom is -0.508 e. The second kappa shape index (κ2) is 10.4. The summed E-state index contributed by atoms with van der Waals surface area (Å²) in [5.41, 5.74) is 5.11. The van der Waals surface area contributed by atoms with Crippen LogP contribution in [-0.4, -0.2) is 85.6 Å². The molecule has 1 aromatic carbocycles. The Morgan fingerprint density at radius 3 is 2.86 bits per heavy atom. The van der Waals surface area contributed by atoms with Crippen LogP contribution in [0.15, 0.2) is 18.2 Å². The van der Waals surface area contributed by atoms with Crippen LogP contribution in [-0.2, 0) is 29.4 Å². The summed E-state index contributed by atoms with van der Waals surface area (Å²) in [6.45, 7) is 5.11. The van der Waals surface area contributed by atoms with Gasteiger partial charge in [-0.1, -0.05) is 6.07 Å². The van der Waals surface area contributed by atoms with Gasteiger partial charge in [-0.3, -0.25) is 0 Å². The summed E-state index contributed by atoms with van der Waals surface area (Å²) in [7, 11) is 3.95. The molecular formula is C29H41N5O3. The van der Waals surface area contributed by atoms with Crippen LogP contribution in [0.2, 0.25) is 0 Å². The summed E-state index contributed by atoms with van der Waals surface area (Å²) in [5, 5.41) is 13.9. The Bertz CT molecular complexity index is 1120. The van der Waals surface area contributed by atoms with E-state index in [4.69, 9.17) is 19.4 Å². The van der Waals surface area contributed by atoms with Crippen molar-refractivity contribution in [2.24, 2.45) is 0 Å². The number of piperazine rings is 1. The number of likely N-dealkylation sites (N-methyl/N-ethyl adjacent to an activating group) is 1. The molecule has 200 valence electrons. The van der Waals surface area contributed by atoms with Crippen LogP contribution in [0.5, 0.6) is 11.8 Å². The predicted molar refractivity (Wildman–Crippen MR) is 144 cm³/mol. The van der Waals surface area contributed by atoms with Gasteiger partial charge in [0.25, 0.3) is 0 Å². The van der Waals surface area contributed by atoms with Crippen LogP contribution in [0.3, 0.4) is 0 Å². The first-order valence-electron chi connectivity index (χ1n) is 14.1. The highest BCUT2D eigenvalue weighted by molar-refractivity contribution is 5.55. The normalized spacial score (nSPS) is 27.8. The van der Waals surface area contributed by atoms with E-state index in [0.717, 1.165) is 76.2 Å². The fourth-order valence-electron chi connectivity index (χ4n) is 7.19. The topological polar surface area (TPSA) is 83.0 Å². The van der Waals surface area contributed by atoms with Gasteiger partial charge in [0.15, 0.2) is 0 Å². The molecule has 1 spiro atoms. The molecule has 0 saturated carbocycles. The molecule has 3 heterocycles. The first kappa shape index (κ1) is 24.9. The van der Waals surface area contributed by atoms with E-state index < -0.39 is 0 Å². The summed E-state index contributed by atoms with van der Waals surface area (Å²) in [6, 6.07) is 7.13. The zero-order chi connectivity index (χ0) is 25.4. The number of nitrogens with zero attached hydrogens (tertiary/aromatic N) is 4. The molecule has 8 heteroatoms. The maximum absolute atomic E-state index is 10.4. The fourth-order valence-corrected chi connectivity index (χ4v) is 7.19. The zero-order valence-electron chi connectivity index (χ0n) is 22.3. The molecule has 2 fully saturated rings. The van der Waals surface area contributed by atoms with E-state index in [0.29, 0.717) is 31.0 Å². The monoisotopic (exact) mass is 507 g/mol. The fraction of sp³-hybridized carbons (Fsp3) is 0.655. The molecular weight excluding hydrogens is 466 g/mol. The van der Waals surface area contributed by atoms with Gasteiger partial charge in [-0.05, 0) is 88.2 Å². The maximum atomic E-state index is 10.4. The smallest absolute Gasteiger partial charge is 0.318 e. The molecule has 2 aliphatic carbocycles. The number of phenolic OH excluding ortho intramolecular Hbond substituents is 1. The Hall–Kier alpha value is -2.42. The lowest BCUT2D eigenvalue weighted by molar-refractivity contribution is 0.169. The molecule has 2 saturated heterocycles. The first-order chi connectivity index (χ1) is 18.1. The number of hydrogen-bond donors (Lipinski definition) is 2. The average Bonchev–Trinajstić information content (AvgIpc) is 3.32. The van der Waals surface area contributed by atoms with Crippen molar-refractivity contribution < 1.29 is 14.6 Å². The number of phenols is 1. The van der Waals surface area contributed by atoms with Crippen molar-refractivity contribution in [3.05, 3.63) is 40.6 Å². The van der Waals surface area contributed by atoms with Crippen molar-refractivity contribution in [1.82, 2.24) is 20.2 Å². The minimum atomic E-state index is 0.0171. The van der Waals surface area contributed by atoms with Crippen LogP contribution in [0, 0.1) is 0 Å². The van der Waals surface area contributed by atoms with Gasteiger partial charge in [-0.25, -0.2) is 0 Å². The molecule has 6 rings (SSSR count). The first-order valence-corrected chi connectivity index (χ1v) is 14.1. The van der Waals surface area contributed by atoms with Crippen molar-refractivity contribution in [3.8, 4) is 11.8 Å². The summed E-state index contributed by atoms with van der Waals surface area (Å²) in [4.78, 5) is 15.0. The molecule has 3 atom stereocenters. The maximum Gasteiger partial charge on any atom is 0.318 e. The molecule has 2 N–H and O–H groups in total. The van der Waals surface area contributed by atoms with Gasteiger partial charge < -0.3 is 29.7 Å². The van der Waals surface area contributed by atoms with E-state index in [2.05, 4.69) is 28.2 Å². The molecule has 37 heavy (non-hydrogen) atoms. The van der Waals surface area contributed by atoms with E-state index in [-0.39, 0.29) is 11.5 Å². The van der Waals surface area contributed by atoms with Crippen LogP contribution in [0.4, 0.5) is 5.82 Å². The van der Waals surface area contributed by atoms with Gasteiger partial charge in [0.1, 0.15) is 18.2 Å². The van der Waals surface area contributed by atoms with Crippen molar-refractivity contribution in [1.29, 1.82) is 0 Å². The number of nitrogens with one attached hydrogen (secondary N) is 1. The third kappa shape index (κ3) is 4.79. The summed E-state index contributed by atoms with van der Waals surface area (Å²) < 4.78 is 11.9. The Morgan fingerprint density at radius 2 is 2.03 bits per heavy atom. The van der Waals surface area contributed by atoms with Crippen LogP contribution < -0.4 is 15.0 Å². The van der Waals surface area contributed by atoms with Crippen LogP contribution in [0.1, 0.15) is 54.5 Å². The largest absolute Gasteiger partial charge is 0.508 e. The van der Waals surface area contributed by atoms with Gasteiger partial charge in [-0.2, -0.15) is 9.97 Å². The highest BCUT2D eigenvalue weighted by Gasteiger charge is 2.42. The Balaban J connectivity index is 1.37. The molecule has 1 aromatic heterocycles. The Labute approximate surface area is 220 Å². The Kier molecular flexibility index (Phi) is 6.99. The summed E-state index contributed by atoms with van der Waals surface area (Å²) >= 11 is 0. The third-order valence-electron chi connectivity index (χ3n) is 9.23. The zero-order valence-corrected chi connectivity index (χ0v) is 22.3. The average molecular weight is 508 g/mol. The highest BCUT2D eigenvalue weighted by Crippen LogP contribution is 2.48. The number of fused-ring (bicyclic) bond motifs is 3. The number of ether oxygens (including phenoxy) is 2. The number of aromatic hydroxyl groups is 1. The number of likely N-dealkylation sites (tertiary alicyclic amines) is 1. The lowest BCUT2D eigenvalue weighted by atomic mass is 9.62. The Morgan fingerprint density at radius 1 is 1.11 bits per heavy atom. The second-order valence-electron chi connectivity index (χ2n) is 11.5. The highest BCUT2D eigenvalue weighted by atomic mass is 16.5. The van der Waals surface area contributed by atoms with E-state index in [9.17, 15) is 5.11 Å². The number of hydrogen-bond acceptors (Lipinski definition) is 8.